The molecule has 1 N–H and O–H groups in total. The average molecular weight is 392 g/mol. The summed E-state index contributed by atoms with van der Waals surface area (Å²) in [5.74, 6) is -0.394. The van der Waals surface area contributed by atoms with Gasteiger partial charge in [-0.2, -0.15) is 0 Å². The molecule has 0 atom stereocenters. The van der Waals surface area contributed by atoms with Crippen LogP contribution in [0.4, 0.5) is 0 Å². The van der Waals surface area contributed by atoms with E-state index in [1.165, 1.54) is 0 Å². The van der Waals surface area contributed by atoms with Crippen LogP contribution in [0.1, 0.15) is 11.1 Å². The van der Waals surface area contributed by atoms with Crippen molar-refractivity contribution in [2.24, 2.45) is 0 Å². The highest BCUT2D eigenvalue weighted by Crippen LogP contribution is 2.15. The van der Waals surface area contributed by atoms with E-state index >= 15 is 0 Å². The summed E-state index contributed by atoms with van der Waals surface area (Å²) >= 11 is 3.31. The zero-order chi connectivity index (χ0) is 17.4. The molecular formula is C18H18BrNO4. The molecule has 5 nitrogen and oxygen atoms in total. The number of hydrogen-bond acceptors (Lipinski definition) is 4. The normalized spacial score (nSPS) is 10.1. The lowest BCUT2D eigenvalue weighted by Gasteiger charge is -2.08. The first kappa shape index (κ1) is 18.0. The molecule has 0 aliphatic carbocycles. The van der Waals surface area contributed by atoms with Gasteiger partial charge in [0.05, 0.1) is 0 Å². The second-order valence-electron chi connectivity index (χ2n) is 5.17. The van der Waals surface area contributed by atoms with Crippen LogP contribution in [-0.2, 0) is 20.9 Å². The molecule has 2 aromatic carbocycles. The Morgan fingerprint density at radius 2 is 1.67 bits per heavy atom. The first-order chi connectivity index (χ1) is 11.5. The number of carbonyl (C=O) groups excluding carboxylic acids is 2. The van der Waals surface area contributed by atoms with E-state index in [-0.39, 0.29) is 19.1 Å². The van der Waals surface area contributed by atoms with Crippen molar-refractivity contribution in [1.29, 1.82) is 0 Å². The van der Waals surface area contributed by atoms with Crippen LogP contribution in [0.5, 0.6) is 5.75 Å². The van der Waals surface area contributed by atoms with E-state index in [1.807, 2.05) is 31.2 Å². The molecule has 0 aromatic heterocycles. The first-order valence-corrected chi connectivity index (χ1v) is 8.18. The van der Waals surface area contributed by atoms with Crippen LogP contribution in [0, 0.1) is 6.92 Å². The third kappa shape index (κ3) is 6.42. The van der Waals surface area contributed by atoms with Crippen molar-refractivity contribution in [3.63, 3.8) is 0 Å². The van der Waals surface area contributed by atoms with E-state index in [2.05, 4.69) is 21.2 Å². The lowest BCUT2D eigenvalue weighted by molar-refractivity contribution is -0.150. The molecule has 0 fully saturated rings. The maximum atomic E-state index is 11.7. The van der Waals surface area contributed by atoms with Gasteiger partial charge in [-0.15, -0.1) is 0 Å². The van der Waals surface area contributed by atoms with E-state index in [4.69, 9.17) is 9.47 Å². The average Bonchev–Trinajstić information content (AvgIpc) is 2.59. The van der Waals surface area contributed by atoms with Gasteiger partial charge in [-0.05, 0) is 36.8 Å². The van der Waals surface area contributed by atoms with E-state index in [0.717, 1.165) is 15.6 Å². The molecule has 2 rings (SSSR count). The molecule has 0 heterocycles. The molecule has 0 saturated heterocycles. The van der Waals surface area contributed by atoms with Crippen LogP contribution >= 0.6 is 15.9 Å². The minimum Gasteiger partial charge on any atom is -0.482 e. The first-order valence-electron chi connectivity index (χ1n) is 7.39. The van der Waals surface area contributed by atoms with Crippen molar-refractivity contribution < 1.29 is 19.1 Å². The highest BCUT2D eigenvalue weighted by Gasteiger charge is 2.08. The third-order valence-electron chi connectivity index (χ3n) is 3.14. The van der Waals surface area contributed by atoms with Gasteiger partial charge in [-0.25, -0.2) is 4.79 Å². The summed E-state index contributed by atoms with van der Waals surface area (Å²) in [7, 11) is 0. The van der Waals surface area contributed by atoms with Gasteiger partial charge in [0.25, 0.3) is 5.91 Å². The molecule has 0 saturated carbocycles. The number of amides is 1. The summed E-state index contributed by atoms with van der Waals surface area (Å²) in [4.78, 5) is 23.2. The summed E-state index contributed by atoms with van der Waals surface area (Å²) in [5.41, 5.74) is 2.14. The number of nitrogens with one attached hydrogen (secondary N) is 1. The highest BCUT2D eigenvalue weighted by molar-refractivity contribution is 9.10. The molecule has 126 valence electrons. The minimum atomic E-state index is -0.594. The molecule has 1 amide bonds. The van der Waals surface area contributed by atoms with Crippen LogP contribution < -0.4 is 10.1 Å². The Balaban J connectivity index is 1.64. The second-order valence-corrected chi connectivity index (χ2v) is 6.08. The number of ether oxygens (including phenoxy) is 2. The Labute approximate surface area is 149 Å². The van der Waals surface area contributed by atoms with Crippen molar-refractivity contribution in [2.45, 2.75) is 13.5 Å². The fourth-order valence-corrected chi connectivity index (χ4v) is 2.08. The maximum Gasteiger partial charge on any atom is 0.344 e. The quantitative estimate of drug-likeness (QED) is 0.736. The Morgan fingerprint density at radius 3 is 2.33 bits per heavy atom. The molecule has 0 spiro atoms. The molecule has 24 heavy (non-hydrogen) atoms. The fraction of sp³-hybridized carbons (Fsp3) is 0.222. The minimum absolute atomic E-state index is 0.243. The predicted molar refractivity (Wildman–Crippen MR) is 93.6 cm³/mol. The Hall–Kier alpha value is -2.34. The van der Waals surface area contributed by atoms with Gasteiger partial charge >= 0.3 is 5.97 Å². The number of rotatable bonds is 7. The third-order valence-corrected chi connectivity index (χ3v) is 3.67. The molecule has 0 aliphatic rings. The molecular weight excluding hydrogens is 374 g/mol. The smallest absolute Gasteiger partial charge is 0.344 e. The zero-order valence-corrected chi connectivity index (χ0v) is 14.8. The van der Waals surface area contributed by atoms with E-state index in [9.17, 15) is 9.59 Å². The lowest BCUT2D eigenvalue weighted by atomic mass is 10.1. The number of hydrogen-bond donors (Lipinski definition) is 1. The Kier molecular flexibility index (Phi) is 6.81. The van der Waals surface area contributed by atoms with Crippen LogP contribution in [0.15, 0.2) is 53.0 Å². The highest BCUT2D eigenvalue weighted by atomic mass is 79.9. The summed E-state index contributed by atoms with van der Waals surface area (Å²) in [6, 6.07) is 14.9. The predicted octanol–water partition coefficient (Wildman–Crippen LogP) is 3.00. The van der Waals surface area contributed by atoms with E-state index in [0.29, 0.717) is 12.3 Å². The number of carbonyl (C=O) groups is 2. The zero-order valence-electron chi connectivity index (χ0n) is 13.3. The second kappa shape index (κ2) is 9.08. The molecule has 0 bridgehead atoms. The number of esters is 1. The maximum absolute atomic E-state index is 11.7. The molecule has 0 radical (unpaired) electrons. The molecule has 0 aliphatic heterocycles. The van der Waals surface area contributed by atoms with Crippen LogP contribution in [0.2, 0.25) is 0 Å². The number of aryl methyl sites for hydroxylation is 1. The number of benzene rings is 2. The monoisotopic (exact) mass is 391 g/mol. The summed E-state index contributed by atoms with van der Waals surface area (Å²) < 4.78 is 11.1. The van der Waals surface area contributed by atoms with Gasteiger partial charge in [0.15, 0.2) is 13.2 Å². The van der Waals surface area contributed by atoms with Crippen molar-refractivity contribution in [2.75, 3.05) is 13.2 Å². The largest absolute Gasteiger partial charge is 0.482 e. The topological polar surface area (TPSA) is 64.6 Å². The summed E-state index contributed by atoms with van der Waals surface area (Å²) in [5, 5.41) is 2.69. The summed E-state index contributed by atoms with van der Waals surface area (Å²) in [6.45, 7) is 1.82. The molecule has 6 heteroatoms. The Morgan fingerprint density at radius 1 is 1.00 bits per heavy atom. The SMILES string of the molecule is Cc1ccc(CNC(=O)COC(=O)COc2ccc(Br)cc2)cc1. The molecule has 2 aromatic rings. The van der Waals surface area contributed by atoms with Crippen molar-refractivity contribution in [1.82, 2.24) is 5.32 Å². The van der Waals surface area contributed by atoms with E-state index < -0.39 is 5.97 Å². The van der Waals surface area contributed by atoms with Crippen molar-refractivity contribution >= 4 is 27.8 Å². The standard InChI is InChI=1S/C18H18BrNO4/c1-13-2-4-14(5-3-13)10-20-17(21)11-24-18(22)12-23-16-8-6-15(19)7-9-16/h2-9H,10-12H2,1H3,(H,20,21). The van der Waals surface area contributed by atoms with E-state index in [1.54, 1.807) is 24.3 Å². The van der Waals surface area contributed by atoms with Crippen LogP contribution in [0.25, 0.3) is 0 Å². The lowest BCUT2D eigenvalue weighted by Crippen LogP contribution is -2.29. The van der Waals surface area contributed by atoms with Crippen LogP contribution in [0.3, 0.4) is 0 Å². The van der Waals surface area contributed by atoms with Gasteiger partial charge < -0.3 is 14.8 Å². The van der Waals surface area contributed by atoms with Gasteiger partial charge in [0, 0.05) is 11.0 Å². The van der Waals surface area contributed by atoms with Crippen molar-refractivity contribution in [3.05, 3.63) is 64.1 Å². The number of halogens is 1. The van der Waals surface area contributed by atoms with Gasteiger partial charge in [-0.3, -0.25) is 4.79 Å². The summed E-state index contributed by atoms with van der Waals surface area (Å²) in [6.07, 6.45) is 0. The van der Waals surface area contributed by atoms with Crippen molar-refractivity contribution in [3.8, 4) is 5.75 Å². The molecule has 0 unspecified atom stereocenters. The van der Waals surface area contributed by atoms with Gasteiger partial charge in [0.1, 0.15) is 5.75 Å². The van der Waals surface area contributed by atoms with Crippen LogP contribution in [-0.4, -0.2) is 25.1 Å². The fourth-order valence-electron chi connectivity index (χ4n) is 1.82. The Bertz CT molecular complexity index is 622. The van der Waals surface area contributed by atoms with Gasteiger partial charge in [-0.1, -0.05) is 45.8 Å². The van der Waals surface area contributed by atoms with Gasteiger partial charge in [0.2, 0.25) is 0 Å².